The van der Waals surface area contributed by atoms with Crippen LogP contribution in [0.15, 0.2) is 35.5 Å². The lowest BCUT2D eigenvalue weighted by Crippen LogP contribution is -2.68. The van der Waals surface area contributed by atoms with E-state index in [1.807, 2.05) is 6.92 Å². The molecule has 0 heterocycles. The number of allylic oxidation sites excluding steroid dienone is 5. The van der Waals surface area contributed by atoms with Crippen molar-refractivity contribution in [1.82, 2.24) is 5.32 Å². The first-order valence-corrected chi connectivity index (χ1v) is 21.3. The maximum atomic E-state index is 14.0. The molecule has 0 aromatic rings. The molecule has 6 heteroatoms. The molecule has 0 spiro atoms. The summed E-state index contributed by atoms with van der Waals surface area (Å²) in [7, 11) is 0. The van der Waals surface area contributed by atoms with E-state index in [0.717, 1.165) is 19.4 Å². The van der Waals surface area contributed by atoms with Gasteiger partial charge in [0, 0.05) is 5.54 Å². The second-order valence-electron chi connectivity index (χ2n) is 21.4. The Morgan fingerprint density at radius 1 is 0.846 bits per heavy atom. The maximum Gasteiger partial charge on any atom is 0.312 e. The maximum absolute atomic E-state index is 14.0. The SMILES string of the molecule is C=C(C)[C@@H]1CC[C@]2(NCCC3(O)CCC(C)(O)CC3)CC[C@]3(C)[C@H](CC[C@@H]4[C@@]5(C)CC=C(C6=CC[C@@](CF)(C(=O)O)CC6)C(C)(C)[C@@H]5CC[C@]43C)[C@@H]12. The van der Waals surface area contributed by atoms with Crippen LogP contribution >= 0.6 is 0 Å². The molecule has 0 aliphatic heterocycles. The van der Waals surface area contributed by atoms with Crippen LogP contribution in [-0.4, -0.2) is 51.2 Å². The van der Waals surface area contributed by atoms with E-state index in [4.69, 9.17) is 0 Å². The predicted octanol–water partition coefficient (Wildman–Crippen LogP) is 10.1. The molecule has 0 unspecified atom stereocenters. The number of aliphatic hydroxyl groups is 2. The number of halogens is 1. The first-order valence-electron chi connectivity index (χ1n) is 21.3. The number of carboxylic acid groups (broad SMARTS) is 1. The van der Waals surface area contributed by atoms with E-state index in [1.165, 1.54) is 68.1 Å². The summed E-state index contributed by atoms with van der Waals surface area (Å²) in [5, 5.41) is 36.0. The Kier molecular flexibility index (Phi) is 9.52. The first-order chi connectivity index (χ1) is 24.2. The van der Waals surface area contributed by atoms with Crippen LogP contribution in [0.25, 0.3) is 0 Å². The number of fused-ring (bicyclic) bond motifs is 7. The van der Waals surface area contributed by atoms with Crippen molar-refractivity contribution in [3.8, 4) is 0 Å². The molecule has 0 amide bonds. The molecule has 7 aliphatic carbocycles. The molecule has 5 nitrogen and oxygen atoms in total. The van der Waals surface area contributed by atoms with E-state index in [1.54, 1.807) is 0 Å². The van der Waals surface area contributed by atoms with Crippen LogP contribution in [0.3, 0.4) is 0 Å². The molecule has 0 saturated heterocycles. The van der Waals surface area contributed by atoms with Gasteiger partial charge in [0.25, 0.3) is 0 Å². The lowest BCUT2D eigenvalue weighted by atomic mass is 9.33. The lowest BCUT2D eigenvalue weighted by molar-refractivity contribution is -0.221. The monoisotopic (exact) mass is 722 g/mol. The van der Waals surface area contributed by atoms with Crippen molar-refractivity contribution in [2.24, 2.45) is 56.7 Å². The Balaban J connectivity index is 1.13. The highest BCUT2D eigenvalue weighted by Gasteiger charge is 2.70. The summed E-state index contributed by atoms with van der Waals surface area (Å²) < 4.78 is 14.0. The minimum absolute atomic E-state index is 0.0167. The van der Waals surface area contributed by atoms with Crippen molar-refractivity contribution in [2.45, 2.75) is 174 Å². The summed E-state index contributed by atoms with van der Waals surface area (Å²) in [5.41, 5.74) is 2.23. The van der Waals surface area contributed by atoms with Gasteiger partial charge in [-0.25, -0.2) is 4.39 Å². The summed E-state index contributed by atoms with van der Waals surface area (Å²) in [5.74, 6) is 1.96. The molecular weight excluding hydrogens is 650 g/mol. The fourth-order valence-electron chi connectivity index (χ4n) is 15.2. The molecule has 10 atom stereocenters. The van der Waals surface area contributed by atoms with Gasteiger partial charge in [0.1, 0.15) is 6.67 Å². The van der Waals surface area contributed by atoms with Gasteiger partial charge in [0.05, 0.1) is 16.6 Å². The number of hydrogen-bond donors (Lipinski definition) is 4. The minimum atomic E-state index is -1.26. The van der Waals surface area contributed by atoms with Gasteiger partial charge in [-0.15, -0.1) is 0 Å². The third-order valence-electron chi connectivity index (χ3n) is 18.6. The van der Waals surface area contributed by atoms with Gasteiger partial charge in [-0.3, -0.25) is 4.79 Å². The standard InChI is InChI=1S/C46H72FNO4/c1-30(2)32-13-20-46(48-28-27-45(52)24-21-40(5,51)22-25-45)26-23-42(7)34(37(32)46)9-10-36-41(6)16-14-33(39(3,4)35(41)15-17-43(36,42)8)31-11-18-44(29-47,19-12-31)38(49)50/h11,14,32,34-37,48,51-52H,1,9-10,12-13,15-29H2,2-8H3,(H,49,50)/t32-,34+,35-,36+,37+,40?,41-,42+,43+,44+,45?,46-/m0/s1. The number of carboxylic acids is 1. The van der Waals surface area contributed by atoms with Crippen molar-refractivity contribution in [3.05, 3.63) is 35.5 Å². The highest BCUT2D eigenvalue weighted by Crippen LogP contribution is 2.76. The van der Waals surface area contributed by atoms with Gasteiger partial charge in [0.15, 0.2) is 0 Å². The summed E-state index contributed by atoms with van der Waals surface area (Å²) >= 11 is 0. The Morgan fingerprint density at radius 2 is 1.56 bits per heavy atom. The van der Waals surface area contributed by atoms with Crippen LogP contribution in [0.1, 0.15) is 158 Å². The molecule has 7 rings (SSSR count). The van der Waals surface area contributed by atoms with Crippen molar-refractivity contribution >= 4 is 5.97 Å². The highest BCUT2D eigenvalue weighted by molar-refractivity contribution is 5.75. The predicted molar refractivity (Wildman–Crippen MR) is 207 cm³/mol. The third kappa shape index (κ3) is 5.70. The molecule has 5 fully saturated rings. The Morgan fingerprint density at radius 3 is 2.17 bits per heavy atom. The average molecular weight is 722 g/mol. The number of alkyl halides is 1. The lowest BCUT2D eigenvalue weighted by Gasteiger charge is -2.72. The number of carbonyl (C=O) groups is 1. The van der Waals surface area contributed by atoms with Crippen LogP contribution in [0, 0.1) is 56.7 Å². The zero-order valence-corrected chi connectivity index (χ0v) is 33.8. The zero-order valence-electron chi connectivity index (χ0n) is 33.8. The van der Waals surface area contributed by atoms with E-state index < -0.39 is 29.3 Å². The van der Waals surface area contributed by atoms with Crippen molar-refractivity contribution < 1.29 is 24.5 Å². The smallest absolute Gasteiger partial charge is 0.312 e. The minimum Gasteiger partial charge on any atom is -0.481 e. The number of hydrogen-bond acceptors (Lipinski definition) is 4. The molecule has 292 valence electrons. The summed E-state index contributed by atoms with van der Waals surface area (Å²) in [6, 6.07) is 0. The van der Waals surface area contributed by atoms with Gasteiger partial charge in [-0.1, -0.05) is 58.9 Å². The fourth-order valence-corrected chi connectivity index (χ4v) is 15.2. The normalized spacial score (nSPS) is 49.8. The molecule has 52 heavy (non-hydrogen) atoms. The van der Waals surface area contributed by atoms with Gasteiger partial charge in [0.2, 0.25) is 0 Å². The second-order valence-corrected chi connectivity index (χ2v) is 21.4. The van der Waals surface area contributed by atoms with Crippen molar-refractivity contribution in [1.29, 1.82) is 0 Å². The van der Waals surface area contributed by atoms with Gasteiger partial charge < -0.3 is 20.6 Å². The largest absolute Gasteiger partial charge is 0.481 e. The molecule has 5 saturated carbocycles. The Labute approximate surface area is 314 Å². The fraction of sp³-hybridized carbons (Fsp3) is 0.848. The van der Waals surface area contributed by atoms with Gasteiger partial charge in [-0.2, -0.15) is 0 Å². The van der Waals surface area contributed by atoms with Crippen LogP contribution in [0.5, 0.6) is 0 Å². The van der Waals surface area contributed by atoms with Crippen LogP contribution in [0.2, 0.25) is 0 Å². The van der Waals surface area contributed by atoms with Crippen molar-refractivity contribution in [3.63, 3.8) is 0 Å². The highest BCUT2D eigenvalue weighted by atomic mass is 19.1. The third-order valence-corrected chi connectivity index (χ3v) is 18.6. The molecule has 0 radical (unpaired) electrons. The molecule has 4 N–H and O–H groups in total. The van der Waals surface area contributed by atoms with E-state index in [9.17, 15) is 24.5 Å². The number of rotatable bonds is 8. The molecular formula is C46H72FNO4. The van der Waals surface area contributed by atoms with Crippen LogP contribution in [-0.2, 0) is 4.79 Å². The van der Waals surface area contributed by atoms with E-state index in [2.05, 4.69) is 65.6 Å². The average Bonchev–Trinajstić information content (AvgIpc) is 3.46. The summed E-state index contributed by atoms with van der Waals surface area (Å²) in [6.45, 7) is 21.8. The van der Waals surface area contributed by atoms with Gasteiger partial charge >= 0.3 is 5.97 Å². The van der Waals surface area contributed by atoms with E-state index in [-0.39, 0.29) is 33.6 Å². The van der Waals surface area contributed by atoms with Crippen LogP contribution < -0.4 is 5.32 Å². The van der Waals surface area contributed by atoms with E-state index >= 15 is 0 Å². The molecule has 0 aromatic carbocycles. The summed E-state index contributed by atoms with van der Waals surface area (Å²) in [4.78, 5) is 12.0. The number of aliphatic carboxylic acids is 1. The summed E-state index contributed by atoms with van der Waals surface area (Å²) in [6.07, 6.45) is 20.4. The quantitative estimate of drug-likeness (QED) is 0.187. The molecule has 0 aromatic heterocycles. The second kappa shape index (κ2) is 12.8. The molecule has 7 aliphatic rings. The van der Waals surface area contributed by atoms with Crippen LogP contribution in [0.4, 0.5) is 4.39 Å². The zero-order chi connectivity index (χ0) is 37.8. The Bertz CT molecular complexity index is 1500. The van der Waals surface area contributed by atoms with E-state index in [0.29, 0.717) is 68.1 Å². The van der Waals surface area contributed by atoms with Gasteiger partial charge in [-0.05, 0) is 192 Å². The Hall–Kier alpha value is -1.50. The first kappa shape index (κ1) is 38.8. The number of nitrogens with one attached hydrogen (secondary N) is 1. The topological polar surface area (TPSA) is 89.8 Å². The van der Waals surface area contributed by atoms with Crippen molar-refractivity contribution in [2.75, 3.05) is 13.2 Å². The molecule has 0 bridgehead atoms.